The number of hydrogen-bond donors (Lipinski definition) is 1. The molecule has 4 heteroatoms. The Bertz CT molecular complexity index is 434. The van der Waals surface area contributed by atoms with Crippen molar-refractivity contribution in [2.75, 3.05) is 7.05 Å². The standard InChI is InChI=1S/C14H20N2O2/c1-10-4-3-5-11(8-10)16(2)14(18)12-6-7-15-9-13(12)17/h6-7,9-11,17H,3-5,8H2,1-2H3. The number of nitrogens with zero attached hydrogens (tertiary/aromatic N) is 2. The molecular weight excluding hydrogens is 228 g/mol. The topological polar surface area (TPSA) is 53.4 Å². The van der Waals surface area contributed by atoms with Gasteiger partial charge in [0.15, 0.2) is 0 Å². The molecule has 1 saturated carbocycles. The molecule has 1 fully saturated rings. The number of hydrogen-bond acceptors (Lipinski definition) is 3. The van der Waals surface area contributed by atoms with E-state index in [4.69, 9.17) is 0 Å². The third-order valence-electron chi connectivity index (χ3n) is 3.81. The molecular formula is C14H20N2O2. The van der Waals surface area contributed by atoms with Crippen LogP contribution in [0.1, 0.15) is 43.0 Å². The lowest BCUT2D eigenvalue weighted by atomic mass is 9.86. The zero-order valence-electron chi connectivity index (χ0n) is 11.0. The molecule has 0 saturated heterocycles. The van der Waals surface area contributed by atoms with Crippen LogP contribution in [0.4, 0.5) is 0 Å². The number of carbonyl (C=O) groups excluding carboxylic acids is 1. The van der Waals surface area contributed by atoms with Crippen LogP contribution in [0.5, 0.6) is 5.75 Å². The fourth-order valence-corrected chi connectivity index (χ4v) is 2.68. The van der Waals surface area contributed by atoms with Gasteiger partial charge in [-0.3, -0.25) is 9.78 Å². The van der Waals surface area contributed by atoms with Crippen molar-refractivity contribution in [3.63, 3.8) is 0 Å². The Morgan fingerprint density at radius 2 is 2.28 bits per heavy atom. The zero-order valence-corrected chi connectivity index (χ0v) is 11.0. The molecule has 98 valence electrons. The van der Waals surface area contributed by atoms with Crippen LogP contribution < -0.4 is 0 Å². The third-order valence-corrected chi connectivity index (χ3v) is 3.81. The second kappa shape index (κ2) is 5.38. The fourth-order valence-electron chi connectivity index (χ4n) is 2.68. The highest BCUT2D eigenvalue weighted by atomic mass is 16.3. The van der Waals surface area contributed by atoms with E-state index in [0.717, 1.165) is 12.8 Å². The first kappa shape index (κ1) is 12.9. The van der Waals surface area contributed by atoms with Crippen molar-refractivity contribution in [2.24, 2.45) is 5.92 Å². The van der Waals surface area contributed by atoms with E-state index in [2.05, 4.69) is 11.9 Å². The zero-order chi connectivity index (χ0) is 13.1. The van der Waals surface area contributed by atoms with Gasteiger partial charge in [0.05, 0.1) is 11.8 Å². The molecule has 1 aliphatic rings. The Morgan fingerprint density at radius 1 is 1.50 bits per heavy atom. The normalized spacial score (nSPS) is 23.7. The van der Waals surface area contributed by atoms with E-state index in [-0.39, 0.29) is 17.7 Å². The summed E-state index contributed by atoms with van der Waals surface area (Å²) >= 11 is 0. The molecule has 18 heavy (non-hydrogen) atoms. The molecule has 1 aromatic heterocycles. The first-order valence-electron chi connectivity index (χ1n) is 6.49. The molecule has 2 rings (SSSR count). The lowest BCUT2D eigenvalue weighted by Gasteiger charge is -2.34. The molecule has 0 bridgehead atoms. The van der Waals surface area contributed by atoms with Crippen molar-refractivity contribution in [1.82, 2.24) is 9.88 Å². The maximum absolute atomic E-state index is 12.3. The molecule has 0 aliphatic heterocycles. The maximum Gasteiger partial charge on any atom is 0.257 e. The molecule has 4 nitrogen and oxygen atoms in total. The second-order valence-corrected chi connectivity index (χ2v) is 5.23. The number of pyridine rings is 1. The van der Waals surface area contributed by atoms with Gasteiger partial charge in [-0.25, -0.2) is 0 Å². The molecule has 2 unspecified atom stereocenters. The number of amides is 1. The summed E-state index contributed by atoms with van der Waals surface area (Å²) in [5.41, 5.74) is 0.339. The van der Waals surface area contributed by atoms with Crippen molar-refractivity contribution in [1.29, 1.82) is 0 Å². The Morgan fingerprint density at radius 3 is 2.94 bits per heavy atom. The molecule has 1 aromatic rings. The first-order chi connectivity index (χ1) is 8.59. The molecule has 1 aliphatic carbocycles. The molecule has 1 heterocycles. The Balaban J connectivity index is 2.11. The smallest absolute Gasteiger partial charge is 0.257 e. The molecule has 1 N–H and O–H groups in total. The van der Waals surface area contributed by atoms with Gasteiger partial charge in [0.1, 0.15) is 5.75 Å². The quantitative estimate of drug-likeness (QED) is 0.874. The Kier molecular flexibility index (Phi) is 3.84. The van der Waals surface area contributed by atoms with Crippen LogP contribution in [-0.4, -0.2) is 34.0 Å². The van der Waals surface area contributed by atoms with Crippen molar-refractivity contribution in [2.45, 2.75) is 38.6 Å². The van der Waals surface area contributed by atoms with Crippen LogP contribution in [0, 0.1) is 5.92 Å². The van der Waals surface area contributed by atoms with Crippen LogP contribution in [0.25, 0.3) is 0 Å². The van der Waals surface area contributed by atoms with Crippen LogP contribution in [0.3, 0.4) is 0 Å². The number of aromatic hydroxyl groups is 1. The maximum atomic E-state index is 12.3. The van der Waals surface area contributed by atoms with E-state index in [9.17, 15) is 9.90 Å². The van der Waals surface area contributed by atoms with E-state index < -0.39 is 0 Å². The van der Waals surface area contributed by atoms with E-state index in [1.54, 1.807) is 11.0 Å². The highest BCUT2D eigenvalue weighted by molar-refractivity contribution is 5.96. The first-order valence-corrected chi connectivity index (χ1v) is 6.49. The summed E-state index contributed by atoms with van der Waals surface area (Å²) in [5, 5.41) is 9.67. The summed E-state index contributed by atoms with van der Waals surface area (Å²) in [6, 6.07) is 1.86. The van der Waals surface area contributed by atoms with Gasteiger partial charge in [-0.05, 0) is 24.8 Å². The third kappa shape index (κ3) is 2.63. The van der Waals surface area contributed by atoms with Crippen LogP contribution in [0.2, 0.25) is 0 Å². The van der Waals surface area contributed by atoms with Crippen molar-refractivity contribution < 1.29 is 9.90 Å². The number of aromatic nitrogens is 1. The van der Waals surface area contributed by atoms with Crippen LogP contribution >= 0.6 is 0 Å². The van der Waals surface area contributed by atoms with E-state index in [1.165, 1.54) is 25.2 Å². The minimum Gasteiger partial charge on any atom is -0.505 e. The molecule has 1 amide bonds. The van der Waals surface area contributed by atoms with Gasteiger partial charge < -0.3 is 10.0 Å². The summed E-state index contributed by atoms with van der Waals surface area (Å²) in [6.07, 6.45) is 7.37. The second-order valence-electron chi connectivity index (χ2n) is 5.23. The summed E-state index contributed by atoms with van der Waals surface area (Å²) in [4.78, 5) is 17.9. The molecule has 0 aromatic carbocycles. The Labute approximate surface area is 108 Å². The van der Waals surface area contributed by atoms with Crippen molar-refractivity contribution in [3.05, 3.63) is 24.0 Å². The summed E-state index contributed by atoms with van der Waals surface area (Å²) in [6.45, 7) is 2.23. The lowest BCUT2D eigenvalue weighted by molar-refractivity contribution is 0.0669. The van der Waals surface area contributed by atoms with Gasteiger partial charge in [-0.1, -0.05) is 19.8 Å². The minimum atomic E-state index is -0.117. The molecule has 0 radical (unpaired) electrons. The van der Waals surface area contributed by atoms with Gasteiger partial charge in [-0.2, -0.15) is 0 Å². The van der Waals surface area contributed by atoms with Gasteiger partial charge in [0.25, 0.3) is 5.91 Å². The fraction of sp³-hybridized carbons (Fsp3) is 0.571. The molecule has 0 spiro atoms. The van der Waals surface area contributed by atoms with Gasteiger partial charge in [0.2, 0.25) is 0 Å². The predicted molar refractivity (Wildman–Crippen MR) is 69.4 cm³/mol. The van der Waals surface area contributed by atoms with Crippen LogP contribution in [-0.2, 0) is 0 Å². The van der Waals surface area contributed by atoms with Crippen molar-refractivity contribution >= 4 is 5.91 Å². The predicted octanol–water partition coefficient (Wildman–Crippen LogP) is 2.44. The highest BCUT2D eigenvalue weighted by Gasteiger charge is 2.27. The van der Waals surface area contributed by atoms with Gasteiger partial charge >= 0.3 is 0 Å². The van der Waals surface area contributed by atoms with Gasteiger partial charge in [0, 0.05) is 19.3 Å². The Hall–Kier alpha value is -1.58. The molecule has 2 atom stereocenters. The summed E-state index contributed by atoms with van der Waals surface area (Å²) in [5.74, 6) is 0.511. The summed E-state index contributed by atoms with van der Waals surface area (Å²) in [7, 11) is 1.82. The minimum absolute atomic E-state index is 0.0433. The van der Waals surface area contributed by atoms with Crippen molar-refractivity contribution in [3.8, 4) is 5.75 Å². The van der Waals surface area contributed by atoms with E-state index in [0.29, 0.717) is 11.5 Å². The average Bonchev–Trinajstić information content (AvgIpc) is 2.37. The van der Waals surface area contributed by atoms with Gasteiger partial charge in [-0.15, -0.1) is 0 Å². The SMILES string of the molecule is CC1CCCC(N(C)C(=O)c2ccncc2O)C1. The largest absolute Gasteiger partial charge is 0.505 e. The number of carbonyl (C=O) groups is 1. The average molecular weight is 248 g/mol. The highest BCUT2D eigenvalue weighted by Crippen LogP contribution is 2.28. The van der Waals surface area contributed by atoms with E-state index >= 15 is 0 Å². The monoisotopic (exact) mass is 248 g/mol. The van der Waals surface area contributed by atoms with Crippen LogP contribution in [0.15, 0.2) is 18.5 Å². The number of rotatable bonds is 2. The summed E-state index contributed by atoms with van der Waals surface area (Å²) < 4.78 is 0. The lowest BCUT2D eigenvalue weighted by Crippen LogP contribution is -2.39. The van der Waals surface area contributed by atoms with E-state index in [1.807, 2.05) is 7.05 Å².